The summed E-state index contributed by atoms with van der Waals surface area (Å²) in [5.74, 6) is 0. The molecule has 0 N–H and O–H groups in total. The van der Waals surface area contributed by atoms with Crippen LogP contribution in [-0.4, -0.2) is 14.4 Å². The Kier molecular flexibility index (Phi) is 3.42. The van der Waals surface area contributed by atoms with Crippen molar-refractivity contribution in [2.24, 2.45) is 0 Å². The second kappa shape index (κ2) is 6.56. The molecule has 0 bridgehead atoms. The SMILES string of the molecule is c1ccc(-c2ccc3c(c2)c2cc4c5ccccc5sc4c4c5nc6ccccc6nc5n3c24)cc1. The van der Waals surface area contributed by atoms with Gasteiger partial charge in [0.2, 0.25) is 0 Å². The van der Waals surface area contributed by atoms with Crippen molar-refractivity contribution in [2.45, 2.75) is 0 Å². The van der Waals surface area contributed by atoms with E-state index in [2.05, 4.69) is 95.4 Å². The molecular weight excluding hydrogens is 458 g/mol. The van der Waals surface area contributed by atoms with Gasteiger partial charge in [-0.1, -0.05) is 66.7 Å². The first-order valence-corrected chi connectivity index (χ1v) is 12.9. The molecular formula is C32H17N3S. The van der Waals surface area contributed by atoms with E-state index in [4.69, 9.17) is 9.97 Å². The number of rotatable bonds is 1. The van der Waals surface area contributed by atoms with E-state index in [1.165, 1.54) is 58.5 Å². The van der Waals surface area contributed by atoms with Gasteiger partial charge in [0.25, 0.3) is 0 Å². The zero-order chi connectivity index (χ0) is 23.4. The van der Waals surface area contributed by atoms with Crippen molar-refractivity contribution in [3.63, 3.8) is 0 Å². The van der Waals surface area contributed by atoms with Gasteiger partial charge in [0, 0.05) is 36.3 Å². The van der Waals surface area contributed by atoms with E-state index in [1.807, 2.05) is 23.5 Å². The van der Waals surface area contributed by atoms with E-state index >= 15 is 0 Å². The lowest BCUT2D eigenvalue weighted by molar-refractivity contribution is 1.28. The number of thiophene rings is 1. The maximum absolute atomic E-state index is 5.18. The van der Waals surface area contributed by atoms with Gasteiger partial charge in [0.1, 0.15) is 5.52 Å². The van der Waals surface area contributed by atoms with Crippen LogP contribution in [0.4, 0.5) is 0 Å². The van der Waals surface area contributed by atoms with Gasteiger partial charge in [-0.2, -0.15) is 0 Å². The summed E-state index contributed by atoms with van der Waals surface area (Å²) in [4.78, 5) is 10.3. The molecule has 4 heteroatoms. The fourth-order valence-corrected chi connectivity index (χ4v) is 7.15. The van der Waals surface area contributed by atoms with Crippen molar-refractivity contribution in [1.82, 2.24) is 14.4 Å². The Balaban J connectivity index is 1.57. The molecule has 0 saturated carbocycles. The van der Waals surface area contributed by atoms with Crippen molar-refractivity contribution >= 4 is 80.9 Å². The van der Waals surface area contributed by atoms with Gasteiger partial charge in [-0.3, -0.25) is 4.40 Å². The minimum atomic E-state index is 0.924. The zero-order valence-corrected chi connectivity index (χ0v) is 19.9. The second-order valence-electron chi connectivity index (χ2n) is 9.44. The van der Waals surface area contributed by atoms with Gasteiger partial charge < -0.3 is 0 Å². The van der Waals surface area contributed by atoms with E-state index in [0.717, 1.165) is 22.2 Å². The molecule has 0 amide bonds. The molecule has 0 aliphatic rings. The molecule has 0 aliphatic carbocycles. The largest absolute Gasteiger partial charge is 0.291 e. The first-order valence-electron chi connectivity index (χ1n) is 12.1. The molecule has 0 unspecified atom stereocenters. The Morgan fingerprint density at radius 2 is 1.36 bits per heavy atom. The standard InChI is InChI=1S/C32H17N3S/c1-2-8-18(9-3-1)19-14-15-26-21(16-19)22-17-23-20-10-4-7-13-27(20)36-31(23)28-29-32(35(26)30(22)28)34-25-12-6-5-11-24(25)33-29/h1-17H. The van der Waals surface area contributed by atoms with Crippen LogP contribution in [0.5, 0.6) is 0 Å². The molecule has 166 valence electrons. The summed E-state index contributed by atoms with van der Waals surface area (Å²) < 4.78 is 4.94. The number of hydrogen-bond acceptors (Lipinski definition) is 3. The molecule has 0 saturated heterocycles. The van der Waals surface area contributed by atoms with Gasteiger partial charge in [0.15, 0.2) is 5.65 Å². The average Bonchev–Trinajstić information content (AvgIpc) is 3.57. The summed E-state index contributed by atoms with van der Waals surface area (Å²) >= 11 is 1.86. The Labute approximate surface area is 209 Å². The van der Waals surface area contributed by atoms with Crippen LogP contribution in [0.1, 0.15) is 0 Å². The third kappa shape index (κ3) is 2.27. The van der Waals surface area contributed by atoms with Gasteiger partial charge in [-0.25, -0.2) is 9.97 Å². The zero-order valence-electron chi connectivity index (χ0n) is 19.1. The molecule has 0 spiro atoms. The van der Waals surface area contributed by atoms with Crippen LogP contribution in [-0.2, 0) is 0 Å². The monoisotopic (exact) mass is 475 g/mol. The van der Waals surface area contributed by atoms with Crippen LogP contribution < -0.4 is 0 Å². The Morgan fingerprint density at radius 1 is 0.583 bits per heavy atom. The van der Waals surface area contributed by atoms with Gasteiger partial charge in [0.05, 0.1) is 22.1 Å². The van der Waals surface area contributed by atoms with Gasteiger partial charge >= 0.3 is 0 Å². The van der Waals surface area contributed by atoms with E-state index in [-0.39, 0.29) is 0 Å². The molecule has 0 atom stereocenters. The summed E-state index contributed by atoms with van der Waals surface area (Å²) in [6.07, 6.45) is 0. The minimum absolute atomic E-state index is 0.924. The van der Waals surface area contributed by atoms with Crippen molar-refractivity contribution < 1.29 is 0 Å². The summed E-state index contributed by atoms with van der Waals surface area (Å²) in [7, 11) is 0. The number of para-hydroxylation sites is 2. The van der Waals surface area contributed by atoms with Crippen LogP contribution in [0.25, 0.3) is 80.7 Å². The van der Waals surface area contributed by atoms with Crippen molar-refractivity contribution in [1.29, 1.82) is 0 Å². The summed E-state index contributed by atoms with van der Waals surface area (Å²) in [5, 5.41) is 6.33. The highest BCUT2D eigenvalue weighted by Crippen LogP contribution is 2.47. The molecule has 36 heavy (non-hydrogen) atoms. The highest BCUT2D eigenvalue weighted by molar-refractivity contribution is 7.26. The first-order chi connectivity index (χ1) is 17.8. The lowest BCUT2D eigenvalue weighted by atomic mass is 10.0. The molecule has 9 rings (SSSR count). The Bertz CT molecular complexity index is 2310. The third-order valence-electron chi connectivity index (χ3n) is 7.50. The summed E-state index contributed by atoms with van der Waals surface area (Å²) in [6.45, 7) is 0. The molecule has 0 radical (unpaired) electrons. The van der Waals surface area contributed by atoms with Crippen LogP contribution in [0.3, 0.4) is 0 Å². The van der Waals surface area contributed by atoms with Crippen LogP contribution in [0.15, 0.2) is 103 Å². The van der Waals surface area contributed by atoms with Crippen LogP contribution in [0.2, 0.25) is 0 Å². The van der Waals surface area contributed by atoms with Gasteiger partial charge in [-0.05, 0) is 47.5 Å². The molecule has 0 aliphatic heterocycles. The minimum Gasteiger partial charge on any atom is -0.291 e. The fourth-order valence-electron chi connectivity index (χ4n) is 5.92. The highest BCUT2D eigenvalue weighted by Gasteiger charge is 2.24. The molecule has 4 aromatic heterocycles. The maximum atomic E-state index is 5.18. The van der Waals surface area contributed by atoms with Gasteiger partial charge in [-0.15, -0.1) is 11.3 Å². The molecule has 0 fully saturated rings. The molecule has 5 aromatic carbocycles. The predicted molar refractivity (Wildman–Crippen MR) is 153 cm³/mol. The highest BCUT2D eigenvalue weighted by atomic mass is 32.1. The number of nitrogens with zero attached hydrogens (tertiary/aromatic N) is 3. The number of fused-ring (bicyclic) bond motifs is 11. The lowest BCUT2D eigenvalue weighted by Crippen LogP contribution is -1.89. The molecule has 9 aromatic rings. The molecule has 3 nitrogen and oxygen atoms in total. The third-order valence-corrected chi connectivity index (χ3v) is 8.70. The summed E-state index contributed by atoms with van der Waals surface area (Å²) in [5.41, 5.74) is 8.63. The van der Waals surface area contributed by atoms with Crippen LogP contribution >= 0.6 is 11.3 Å². The summed E-state index contributed by atoms with van der Waals surface area (Å²) in [6, 6.07) is 36.7. The van der Waals surface area contributed by atoms with Crippen molar-refractivity contribution in [3.8, 4) is 11.1 Å². The van der Waals surface area contributed by atoms with E-state index < -0.39 is 0 Å². The predicted octanol–water partition coefficient (Wildman–Crippen LogP) is 8.81. The molecule has 4 heterocycles. The van der Waals surface area contributed by atoms with Crippen molar-refractivity contribution in [2.75, 3.05) is 0 Å². The Hall–Kier alpha value is -4.54. The quantitative estimate of drug-likeness (QED) is 0.237. The smallest absolute Gasteiger partial charge is 0.165 e. The van der Waals surface area contributed by atoms with E-state index in [0.29, 0.717) is 0 Å². The van der Waals surface area contributed by atoms with E-state index in [9.17, 15) is 0 Å². The maximum Gasteiger partial charge on any atom is 0.165 e. The number of benzene rings is 5. The average molecular weight is 476 g/mol. The van der Waals surface area contributed by atoms with Crippen LogP contribution in [0, 0.1) is 0 Å². The first kappa shape index (κ1) is 18.7. The second-order valence-corrected chi connectivity index (χ2v) is 10.5. The normalized spacial score (nSPS) is 12.4. The Morgan fingerprint density at radius 3 is 2.25 bits per heavy atom. The number of aromatic nitrogens is 3. The lowest BCUT2D eigenvalue weighted by Gasteiger charge is -2.04. The topological polar surface area (TPSA) is 30.2 Å². The van der Waals surface area contributed by atoms with Crippen molar-refractivity contribution in [3.05, 3.63) is 103 Å². The number of hydrogen-bond donors (Lipinski definition) is 0. The fraction of sp³-hybridized carbons (Fsp3) is 0. The van der Waals surface area contributed by atoms with E-state index in [1.54, 1.807) is 0 Å².